The quantitative estimate of drug-likeness (QED) is 0.790. The van der Waals surface area contributed by atoms with Gasteiger partial charge in [-0.1, -0.05) is 15.9 Å². The zero-order valence-electron chi connectivity index (χ0n) is 6.99. The minimum atomic E-state index is -0.908. The minimum absolute atomic E-state index is 0.0116. The average molecular weight is 249 g/mol. The topological polar surface area (TPSA) is 55.8 Å². The second-order valence-corrected chi connectivity index (χ2v) is 3.98. The lowest BCUT2D eigenvalue weighted by Crippen LogP contribution is -2.26. The molecule has 2 aliphatic rings. The number of carboxylic acids is 1. The largest absolute Gasteiger partial charge is 0.478 e. The lowest BCUT2D eigenvalue weighted by Gasteiger charge is -2.17. The van der Waals surface area contributed by atoms with Gasteiger partial charge in [-0.3, -0.25) is 0 Å². The summed E-state index contributed by atoms with van der Waals surface area (Å²) in [5, 5.41) is 8.86. The van der Waals surface area contributed by atoms with Gasteiger partial charge < -0.3 is 14.6 Å². The summed E-state index contributed by atoms with van der Waals surface area (Å²) in [6.07, 6.45) is 0.100. The number of rotatable bonds is 2. The summed E-state index contributed by atoms with van der Waals surface area (Å²) in [5.74, 6) is -0.908. The molecule has 0 aromatic heterocycles. The summed E-state index contributed by atoms with van der Waals surface area (Å²) in [5.41, 5.74) is 0.346. The van der Waals surface area contributed by atoms with Gasteiger partial charge in [0.2, 0.25) is 0 Å². The number of hydrogen-bond acceptors (Lipinski definition) is 3. The lowest BCUT2D eigenvalue weighted by molar-refractivity contribution is -0.133. The summed E-state index contributed by atoms with van der Waals surface area (Å²) >= 11 is 3.24. The highest BCUT2D eigenvalue weighted by molar-refractivity contribution is 9.11. The van der Waals surface area contributed by atoms with E-state index in [1.54, 1.807) is 7.11 Å². The minimum Gasteiger partial charge on any atom is -0.478 e. The molecule has 2 rings (SSSR count). The van der Waals surface area contributed by atoms with Crippen LogP contribution in [0.3, 0.4) is 0 Å². The normalized spacial score (nSPS) is 37.2. The fraction of sp³-hybridized carbons (Fsp3) is 0.625. The SMILES string of the molecule is CO[C@H]1C[C@H]2O[C@@H]1C(Br)=C2C(=O)O. The number of carboxylic acid groups (broad SMARTS) is 1. The van der Waals surface area contributed by atoms with Crippen molar-refractivity contribution in [2.24, 2.45) is 0 Å². The molecule has 13 heavy (non-hydrogen) atoms. The van der Waals surface area contributed by atoms with Crippen molar-refractivity contribution in [1.82, 2.24) is 0 Å². The molecule has 0 spiro atoms. The van der Waals surface area contributed by atoms with E-state index in [2.05, 4.69) is 15.9 Å². The van der Waals surface area contributed by atoms with E-state index < -0.39 is 5.97 Å². The van der Waals surface area contributed by atoms with Gasteiger partial charge in [-0.2, -0.15) is 0 Å². The van der Waals surface area contributed by atoms with Gasteiger partial charge in [0.15, 0.2) is 0 Å². The van der Waals surface area contributed by atoms with E-state index >= 15 is 0 Å². The predicted octanol–water partition coefficient (Wildman–Crippen LogP) is 0.906. The van der Waals surface area contributed by atoms with Crippen LogP contribution in [0.25, 0.3) is 0 Å². The first kappa shape index (κ1) is 9.18. The van der Waals surface area contributed by atoms with E-state index in [4.69, 9.17) is 14.6 Å². The van der Waals surface area contributed by atoms with Gasteiger partial charge in [0.1, 0.15) is 6.10 Å². The maximum atomic E-state index is 10.8. The maximum absolute atomic E-state index is 10.8. The van der Waals surface area contributed by atoms with Crippen molar-refractivity contribution in [1.29, 1.82) is 0 Å². The molecule has 0 aromatic rings. The summed E-state index contributed by atoms with van der Waals surface area (Å²) in [6, 6.07) is 0. The van der Waals surface area contributed by atoms with Gasteiger partial charge in [-0.15, -0.1) is 0 Å². The molecule has 0 unspecified atom stereocenters. The van der Waals surface area contributed by atoms with Crippen molar-refractivity contribution in [3.8, 4) is 0 Å². The van der Waals surface area contributed by atoms with E-state index in [-0.39, 0.29) is 18.3 Å². The Labute approximate surface area is 83.6 Å². The van der Waals surface area contributed by atoms with Gasteiger partial charge in [0.25, 0.3) is 0 Å². The van der Waals surface area contributed by atoms with Crippen molar-refractivity contribution in [3.05, 3.63) is 10.1 Å². The van der Waals surface area contributed by atoms with Gasteiger partial charge in [-0.05, 0) is 0 Å². The Bertz CT molecular complexity index is 286. The molecule has 1 N–H and O–H groups in total. The van der Waals surface area contributed by atoms with Gasteiger partial charge in [-0.25, -0.2) is 4.79 Å². The molecule has 0 amide bonds. The molecular formula is C8H9BrO4. The highest BCUT2D eigenvalue weighted by atomic mass is 79.9. The Kier molecular flexibility index (Phi) is 2.17. The molecule has 0 aromatic carbocycles. The van der Waals surface area contributed by atoms with Gasteiger partial charge >= 0.3 is 5.97 Å². The molecule has 3 atom stereocenters. The third-order valence-corrected chi connectivity index (χ3v) is 3.34. The summed E-state index contributed by atoms with van der Waals surface area (Å²) in [6.45, 7) is 0. The summed E-state index contributed by atoms with van der Waals surface area (Å²) < 4.78 is 11.2. The van der Waals surface area contributed by atoms with Crippen LogP contribution in [0.5, 0.6) is 0 Å². The Morgan fingerprint density at radius 1 is 1.77 bits per heavy atom. The predicted molar refractivity (Wildman–Crippen MR) is 47.7 cm³/mol. The molecule has 2 heterocycles. The smallest absolute Gasteiger partial charge is 0.335 e. The Morgan fingerprint density at radius 2 is 2.46 bits per heavy atom. The number of hydrogen-bond donors (Lipinski definition) is 1. The molecule has 0 radical (unpaired) electrons. The average Bonchev–Trinajstić information content (AvgIpc) is 2.59. The van der Waals surface area contributed by atoms with Crippen LogP contribution in [0.4, 0.5) is 0 Å². The van der Waals surface area contributed by atoms with Crippen LogP contribution in [0.1, 0.15) is 6.42 Å². The number of carbonyl (C=O) groups is 1. The molecule has 5 heteroatoms. The van der Waals surface area contributed by atoms with E-state index in [1.165, 1.54) is 0 Å². The van der Waals surface area contributed by atoms with E-state index in [1.807, 2.05) is 0 Å². The fourth-order valence-corrected chi connectivity index (χ4v) is 2.66. The number of fused-ring (bicyclic) bond motifs is 2. The standard InChI is InChI=1S/C8H9BrO4/c1-12-4-2-3-5(8(10)11)6(9)7(4)13-3/h3-4,7H,2H2,1H3,(H,10,11)/t3-,4+,7+/m1/s1. The first-order chi connectivity index (χ1) is 6.15. The first-order valence-electron chi connectivity index (χ1n) is 3.96. The van der Waals surface area contributed by atoms with Crippen molar-refractivity contribution in [2.45, 2.75) is 24.7 Å². The summed E-state index contributed by atoms with van der Waals surface area (Å²) in [4.78, 5) is 10.8. The van der Waals surface area contributed by atoms with Crippen molar-refractivity contribution in [2.75, 3.05) is 7.11 Å². The molecule has 0 aliphatic carbocycles. The van der Waals surface area contributed by atoms with Crippen LogP contribution in [0, 0.1) is 0 Å². The molecule has 2 bridgehead atoms. The highest BCUT2D eigenvalue weighted by Gasteiger charge is 2.48. The molecule has 4 nitrogen and oxygen atoms in total. The van der Waals surface area contributed by atoms with Gasteiger partial charge in [0, 0.05) is 18.0 Å². The zero-order valence-corrected chi connectivity index (χ0v) is 8.58. The van der Waals surface area contributed by atoms with Crippen LogP contribution in [-0.2, 0) is 14.3 Å². The Morgan fingerprint density at radius 3 is 2.92 bits per heavy atom. The van der Waals surface area contributed by atoms with Gasteiger partial charge in [0.05, 0.1) is 17.8 Å². The third-order valence-electron chi connectivity index (χ3n) is 2.46. The second-order valence-electron chi connectivity index (χ2n) is 3.12. The molecule has 72 valence electrons. The van der Waals surface area contributed by atoms with Crippen LogP contribution in [-0.4, -0.2) is 36.5 Å². The zero-order chi connectivity index (χ0) is 9.59. The number of aliphatic carboxylic acids is 1. The van der Waals surface area contributed by atoms with Crippen LogP contribution < -0.4 is 0 Å². The van der Waals surface area contributed by atoms with Crippen molar-refractivity contribution in [3.63, 3.8) is 0 Å². The monoisotopic (exact) mass is 248 g/mol. The number of halogens is 1. The maximum Gasteiger partial charge on any atom is 0.335 e. The summed E-state index contributed by atoms with van der Waals surface area (Å²) in [7, 11) is 1.61. The lowest BCUT2D eigenvalue weighted by atomic mass is 9.97. The molecule has 1 saturated heterocycles. The fourth-order valence-electron chi connectivity index (χ4n) is 1.83. The molecule has 0 saturated carbocycles. The van der Waals surface area contributed by atoms with Crippen molar-refractivity contribution < 1.29 is 19.4 Å². The van der Waals surface area contributed by atoms with E-state index in [0.29, 0.717) is 16.5 Å². The molecule has 2 aliphatic heterocycles. The van der Waals surface area contributed by atoms with E-state index in [0.717, 1.165) is 0 Å². The first-order valence-corrected chi connectivity index (χ1v) is 4.75. The van der Waals surface area contributed by atoms with Crippen LogP contribution in [0.2, 0.25) is 0 Å². The molecular weight excluding hydrogens is 240 g/mol. The highest BCUT2D eigenvalue weighted by Crippen LogP contribution is 2.43. The third kappa shape index (κ3) is 1.22. The Hall–Kier alpha value is -0.390. The second kappa shape index (κ2) is 3.08. The Balaban J connectivity index is 2.29. The van der Waals surface area contributed by atoms with Crippen molar-refractivity contribution >= 4 is 21.9 Å². The number of ether oxygens (including phenoxy) is 2. The van der Waals surface area contributed by atoms with E-state index in [9.17, 15) is 4.79 Å². The number of methoxy groups -OCH3 is 1. The molecule has 1 fully saturated rings. The van der Waals surface area contributed by atoms with Crippen LogP contribution >= 0.6 is 15.9 Å². The van der Waals surface area contributed by atoms with Crippen LogP contribution in [0.15, 0.2) is 10.1 Å².